The van der Waals surface area contributed by atoms with Crippen LogP contribution in [-0.2, 0) is 20.7 Å². The number of aromatic nitrogens is 2. The maximum atomic E-state index is 13.4. The highest BCUT2D eigenvalue weighted by Gasteiger charge is 2.40. The lowest BCUT2D eigenvalue weighted by molar-refractivity contribution is -0.134. The Hall–Kier alpha value is -4.14. The number of anilines is 1. The van der Waals surface area contributed by atoms with Gasteiger partial charge < -0.3 is 9.64 Å². The number of nitrogens with one attached hydrogen (secondary N) is 1. The van der Waals surface area contributed by atoms with E-state index in [1.54, 1.807) is 4.90 Å². The zero-order chi connectivity index (χ0) is 28.2. The molecule has 3 aromatic rings. The number of benzene rings is 2. The van der Waals surface area contributed by atoms with Crippen LogP contribution in [0, 0.1) is 0 Å². The molecule has 0 bridgehead atoms. The molecule has 40 heavy (non-hydrogen) atoms. The largest absolute Gasteiger partial charge is 0.474 e. The Kier molecular flexibility index (Phi) is 6.40. The van der Waals surface area contributed by atoms with Gasteiger partial charge in [-0.2, -0.15) is 5.10 Å². The quantitative estimate of drug-likeness (QED) is 0.369. The Labute approximate surface area is 233 Å². The minimum atomic E-state index is -0.687. The lowest BCUT2D eigenvalue weighted by Gasteiger charge is -2.36. The monoisotopic (exact) mass is 541 g/mol. The van der Waals surface area contributed by atoms with E-state index >= 15 is 0 Å². The fraction of sp³-hybridized carbons (Fsp3) is 0.419. The van der Waals surface area contributed by atoms with Gasteiger partial charge in [0.1, 0.15) is 11.6 Å². The van der Waals surface area contributed by atoms with E-state index in [0.717, 1.165) is 59.4 Å². The van der Waals surface area contributed by atoms with Crippen molar-refractivity contribution in [2.24, 2.45) is 0 Å². The molecule has 0 radical (unpaired) electrons. The number of hydrogen-bond acceptors (Lipinski definition) is 6. The number of piperidine rings is 2. The third-order valence-corrected chi connectivity index (χ3v) is 8.00. The highest BCUT2D eigenvalue weighted by atomic mass is 16.5. The van der Waals surface area contributed by atoms with Gasteiger partial charge in [-0.25, -0.2) is 0 Å². The SMILES string of the molecule is C=C(OC(C)(C)C)N1CCC(n2cc(Cc3ccc4c5c(cccc35)C(=O)N4[C@@H]3CCC(=O)NC3=O)cn2)CC1. The molecule has 1 N–H and O–H groups in total. The van der Waals surface area contributed by atoms with Crippen LogP contribution >= 0.6 is 0 Å². The number of imide groups is 1. The Morgan fingerprint density at radius 3 is 2.60 bits per heavy atom. The number of nitrogens with zero attached hydrogens (tertiary/aromatic N) is 4. The summed E-state index contributed by atoms with van der Waals surface area (Å²) in [6.45, 7) is 12.0. The summed E-state index contributed by atoms with van der Waals surface area (Å²) in [5.74, 6) is -0.174. The van der Waals surface area contributed by atoms with E-state index in [2.05, 4.69) is 27.7 Å². The van der Waals surface area contributed by atoms with Gasteiger partial charge >= 0.3 is 0 Å². The smallest absolute Gasteiger partial charge is 0.259 e. The number of amides is 3. The molecule has 9 heteroatoms. The van der Waals surface area contributed by atoms with Gasteiger partial charge in [-0.1, -0.05) is 18.2 Å². The topological polar surface area (TPSA) is 96.8 Å². The second-order valence-corrected chi connectivity index (χ2v) is 11.9. The average Bonchev–Trinajstić information content (AvgIpc) is 3.49. The fourth-order valence-electron chi connectivity index (χ4n) is 6.14. The molecule has 3 aliphatic rings. The molecular formula is C31H35N5O4. The summed E-state index contributed by atoms with van der Waals surface area (Å²) in [5.41, 5.74) is 3.27. The van der Waals surface area contributed by atoms with Crippen LogP contribution < -0.4 is 10.2 Å². The van der Waals surface area contributed by atoms with Gasteiger partial charge in [0, 0.05) is 43.1 Å². The predicted octanol–water partition coefficient (Wildman–Crippen LogP) is 4.32. The molecule has 3 amide bonds. The molecule has 0 aliphatic carbocycles. The molecule has 3 aliphatic heterocycles. The highest BCUT2D eigenvalue weighted by molar-refractivity contribution is 6.27. The van der Waals surface area contributed by atoms with Gasteiger partial charge in [0.2, 0.25) is 11.8 Å². The van der Waals surface area contributed by atoms with Crippen molar-refractivity contribution in [1.82, 2.24) is 20.0 Å². The normalized spacial score (nSPS) is 19.9. The minimum Gasteiger partial charge on any atom is -0.474 e. The van der Waals surface area contributed by atoms with Crippen molar-refractivity contribution >= 4 is 34.2 Å². The van der Waals surface area contributed by atoms with Crippen molar-refractivity contribution in [3.8, 4) is 0 Å². The summed E-state index contributed by atoms with van der Waals surface area (Å²) in [4.78, 5) is 41.5. The first-order valence-electron chi connectivity index (χ1n) is 14.0. The summed E-state index contributed by atoms with van der Waals surface area (Å²) in [6, 6.07) is 9.35. The summed E-state index contributed by atoms with van der Waals surface area (Å²) < 4.78 is 8.03. The molecule has 6 rings (SSSR count). The Balaban J connectivity index is 1.19. The van der Waals surface area contributed by atoms with E-state index in [9.17, 15) is 14.4 Å². The summed E-state index contributed by atoms with van der Waals surface area (Å²) in [6.07, 6.45) is 7.22. The summed E-state index contributed by atoms with van der Waals surface area (Å²) >= 11 is 0. The molecule has 0 spiro atoms. The molecule has 2 aromatic carbocycles. The van der Waals surface area contributed by atoms with Crippen molar-refractivity contribution in [2.45, 2.75) is 70.6 Å². The number of rotatable bonds is 6. The lowest BCUT2D eigenvalue weighted by Crippen LogP contribution is -2.53. The van der Waals surface area contributed by atoms with E-state index in [-0.39, 0.29) is 23.8 Å². The molecule has 0 saturated carbocycles. The van der Waals surface area contributed by atoms with Crippen LogP contribution in [0.4, 0.5) is 5.69 Å². The standard InChI is InChI=1S/C31H35N5O4/c1-19(40-31(2,3)4)34-14-12-22(13-15-34)35-18-20(17-32-35)16-21-8-9-25-28-23(21)6-5-7-24(28)30(39)36(25)26-10-11-27(37)33-29(26)38/h5-9,17-18,22,26H,1,10-16H2,2-4H3,(H,33,37,38)/t26-/m1/s1. The Morgan fingerprint density at radius 2 is 1.88 bits per heavy atom. The van der Waals surface area contributed by atoms with Crippen molar-refractivity contribution in [3.63, 3.8) is 0 Å². The maximum absolute atomic E-state index is 13.4. The zero-order valence-corrected chi connectivity index (χ0v) is 23.3. The molecule has 1 aromatic heterocycles. The third kappa shape index (κ3) is 4.74. The van der Waals surface area contributed by atoms with Crippen LogP contribution in [0.15, 0.2) is 55.2 Å². The Bertz CT molecular complexity index is 1530. The first-order chi connectivity index (χ1) is 19.1. The molecule has 2 fully saturated rings. The van der Waals surface area contributed by atoms with E-state index in [0.29, 0.717) is 24.4 Å². The van der Waals surface area contributed by atoms with Crippen LogP contribution in [0.5, 0.6) is 0 Å². The molecule has 4 heterocycles. The summed E-state index contributed by atoms with van der Waals surface area (Å²) in [5, 5.41) is 8.95. The lowest BCUT2D eigenvalue weighted by atomic mass is 9.97. The first kappa shape index (κ1) is 26.1. The fourth-order valence-corrected chi connectivity index (χ4v) is 6.14. The van der Waals surface area contributed by atoms with Gasteiger partial charge in [0.25, 0.3) is 5.91 Å². The minimum absolute atomic E-state index is 0.193. The summed E-state index contributed by atoms with van der Waals surface area (Å²) in [7, 11) is 0. The van der Waals surface area contributed by atoms with Crippen molar-refractivity contribution in [3.05, 3.63) is 71.9 Å². The third-order valence-electron chi connectivity index (χ3n) is 8.00. The zero-order valence-electron chi connectivity index (χ0n) is 23.3. The van der Waals surface area contributed by atoms with Gasteiger partial charge in [-0.15, -0.1) is 0 Å². The number of likely N-dealkylation sites (tertiary alicyclic amines) is 1. The van der Waals surface area contributed by atoms with Crippen LogP contribution in [0.1, 0.15) is 74.0 Å². The van der Waals surface area contributed by atoms with Crippen LogP contribution in [0.3, 0.4) is 0 Å². The number of carbonyl (C=O) groups excluding carboxylic acids is 3. The number of carbonyl (C=O) groups is 3. The molecule has 2 saturated heterocycles. The van der Waals surface area contributed by atoms with Gasteiger partial charge in [0.05, 0.1) is 17.9 Å². The second kappa shape index (κ2) is 9.80. The van der Waals surface area contributed by atoms with Gasteiger partial charge in [0.15, 0.2) is 5.88 Å². The average molecular weight is 542 g/mol. The number of ether oxygens (including phenoxy) is 1. The Morgan fingerprint density at radius 1 is 1.10 bits per heavy atom. The van der Waals surface area contributed by atoms with E-state index < -0.39 is 11.9 Å². The van der Waals surface area contributed by atoms with Crippen molar-refractivity contribution in [2.75, 3.05) is 18.0 Å². The molecule has 9 nitrogen and oxygen atoms in total. The van der Waals surface area contributed by atoms with E-state index in [4.69, 9.17) is 9.84 Å². The molecule has 0 unspecified atom stereocenters. The van der Waals surface area contributed by atoms with Crippen molar-refractivity contribution < 1.29 is 19.1 Å². The van der Waals surface area contributed by atoms with E-state index in [1.807, 2.05) is 57.3 Å². The van der Waals surface area contributed by atoms with Gasteiger partial charge in [-0.3, -0.25) is 29.3 Å². The predicted molar refractivity (Wildman–Crippen MR) is 152 cm³/mol. The van der Waals surface area contributed by atoms with Gasteiger partial charge in [-0.05, 0) is 75.3 Å². The molecule has 208 valence electrons. The second-order valence-electron chi connectivity index (χ2n) is 11.9. The molecular weight excluding hydrogens is 506 g/mol. The van der Waals surface area contributed by atoms with Crippen LogP contribution in [0.2, 0.25) is 0 Å². The molecule has 1 atom stereocenters. The van der Waals surface area contributed by atoms with Crippen LogP contribution in [-0.4, -0.2) is 57.1 Å². The van der Waals surface area contributed by atoms with E-state index in [1.165, 1.54) is 0 Å². The number of hydrogen-bond donors (Lipinski definition) is 1. The first-order valence-corrected chi connectivity index (χ1v) is 14.0. The highest BCUT2D eigenvalue weighted by Crippen LogP contribution is 2.41. The maximum Gasteiger partial charge on any atom is 0.259 e. The van der Waals surface area contributed by atoms with Crippen molar-refractivity contribution in [1.29, 1.82) is 0 Å². The van der Waals surface area contributed by atoms with Crippen LogP contribution in [0.25, 0.3) is 10.8 Å².